The first-order valence-electron chi connectivity index (χ1n) is 19.9. The molecule has 0 heterocycles. The van der Waals surface area contributed by atoms with Crippen LogP contribution in [0.2, 0.25) is 0 Å². The van der Waals surface area contributed by atoms with Gasteiger partial charge in [-0.1, -0.05) is 104 Å². The van der Waals surface area contributed by atoms with Crippen molar-refractivity contribution in [1.82, 2.24) is 4.90 Å². The van der Waals surface area contributed by atoms with Crippen molar-refractivity contribution in [3.8, 4) is 5.75 Å². The number of nitrogens with zero attached hydrogens (tertiary/aromatic N) is 1. The molecule has 3 aliphatic carbocycles. The van der Waals surface area contributed by atoms with Crippen molar-refractivity contribution in [3.63, 3.8) is 0 Å². The minimum Gasteiger partial charge on any atom is -0.406 e. The molecule has 0 saturated heterocycles. The molecule has 0 radical (unpaired) electrons. The quantitative estimate of drug-likeness (QED) is 0.0920. The number of ketones is 1. The van der Waals surface area contributed by atoms with Crippen molar-refractivity contribution in [2.45, 2.75) is 102 Å². The predicted molar refractivity (Wildman–Crippen MR) is 214 cm³/mol. The number of halogens is 3. The van der Waals surface area contributed by atoms with Gasteiger partial charge in [-0.25, -0.2) is 0 Å². The molecule has 0 amide bonds. The number of hydrogen-bond donors (Lipinski definition) is 3. The van der Waals surface area contributed by atoms with Crippen molar-refractivity contribution in [3.05, 3.63) is 148 Å². The van der Waals surface area contributed by atoms with Gasteiger partial charge in [0.2, 0.25) is 0 Å². The van der Waals surface area contributed by atoms with Crippen molar-refractivity contribution in [2.24, 2.45) is 5.41 Å². The highest BCUT2D eigenvalue weighted by atomic mass is 19.4. The summed E-state index contributed by atoms with van der Waals surface area (Å²) in [6.45, 7) is 5.05. The number of allylic oxidation sites excluding steroid dienone is 2. The van der Waals surface area contributed by atoms with Gasteiger partial charge in [0, 0.05) is 36.2 Å². The Kier molecular flexibility index (Phi) is 13.7. The van der Waals surface area contributed by atoms with E-state index in [1.807, 2.05) is 71.6 Å². The number of aliphatic hydroxyl groups excluding tert-OH is 2. The van der Waals surface area contributed by atoms with Gasteiger partial charge < -0.3 is 24.8 Å². The molecule has 1 fully saturated rings. The Bertz CT molecular complexity index is 1950. The zero-order valence-electron chi connectivity index (χ0n) is 32.8. The Morgan fingerprint density at radius 2 is 1.63 bits per heavy atom. The molecule has 1 saturated carbocycles. The van der Waals surface area contributed by atoms with E-state index in [1.54, 1.807) is 24.3 Å². The molecule has 0 spiro atoms. The summed E-state index contributed by atoms with van der Waals surface area (Å²) < 4.78 is 48.8. The standard InChI is InChI=1S/C47H54F3NO6/c1-33-10-9-24-45(2)43(41-22-18-36(26-38(52)19-15-33)27-42(41)44(54)37-13-7-4-8-14-37)23-25-46(45,55)32-51(28-34-16-20-40(21-17-34)57-47(48,49)50)29-39(53)31-56-30-35-11-5-3-6-12-35/h3-8,10-14,16-18,20-22,27,38-39,43,52-53,55H,9,15,19,23-26,28-32H2,1-2H3. The molecule has 3 N–H and O–H groups in total. The second-order valence-corrected chi connectivity index (χ2v) is 16.2. The normalized spacial score (nSPS) is 23.4. The molecule has 5 atom stereocenters. The number of carbonyl (C=O) groups is 1. The van der Waals surface area contributed by atoms with E-state index in [4.69, 9.17) is 4.74 Å². The fourth-order valence-corrected chi connectivity index (χ4v) is 8.79. The number of carbonyl (C=O) groups excluding carboxylic acids is 1. The van der Waals surface area contributed by atoms with E-state index in [-0.39, 0.29) is 43.7 Å². The number of benzene rings is 4. The number of ether oxygens (including phenoxy) is 2. The zero-order valence-corrected chi connectivity index (χ0v) is 32.8. The van der Waals surface area contributed by atoms with Gasteiger partial charge in [-0.2, -0.15) is 0 Å². The third-order valence-electron chi connectivity index (χ3n) is 11.9. The average molecular weight is 786 g/mol. The molecule has 0 aromatic heterocycles. The van der Waals surface area contributed by atoms with Crippen LogP contribution in [0.5, 0.6) is 5.75 Å². The molecular formula is C47H54F3NO6. The van der Waals surface area contributed by atoms with Crippen LogP contribution in [-0.4, -0.2) is 69.9 Å². The van der Waals surface area contributed by atoms with Crippen molar-refractivity contribution in [1.29, 1.82) is 0 Å². The van der Waals surface area contributed by atoms with E-state index in [1.165, 1.54) is 17.7 Å². The molecule has 57 heavy (non-hydrogen) atoms. The van der Waals surface area contributed by atoms with Crippen LogP contribution in [0, 0.1) is 5.41 Å². The first-order valence-corrected chi connectivity index (χ1v) is 19.9. The van der Waals surface area contributed by atoms with Gasteiger partial charge in [0.25, 0.3) is 0 Å². The van der Waals surface area contributed by atoms with Gasteiger partial charge in [0.15, 0.2) is 5.78 Å². The van der Waals surface area contributed by atoms with Crippen LogP contribution < -0.4 is 4.74 Å². The number of hydrogen-bond acceptors (Lipinski definition) is 7. The highest BCUT2D eigenvalue weighted by Crippen LogP contribution is 2.59. The summed E-state index contributed by atoms with van der Waals surface area (Å²) in [5.74, 6) is -0.650. The minimum atomic E-state index is -4.82. The maximum absolute atomic E-state index is 14.3. The summed E-state index contributed by atoms with van der Waals surface area (Å²) in [7, 11) is 0. The van der Waals surface area contributed by atoms with Crippen molar-refractivity contribution in [2.75, 3.05) is 19.7 Å². The number of aliphatic hydroxyl groups is 3. The van der Waals surface area contributed by atoms with Gasteiger partial charge in [0.05, 0.1) is 31.0 Å². The minimum absolute atomic E-state index is 0.0398. The number of fused-ring (bicyclic) bond motifs is 8. The summed E-state index contributed by atoms with van der Waals surface area (Å²) in [6.07, 6.45) is -0.0682. The lowest BCUT2D eigenvalue weighted by Crippen LogP contribution is -2.53. The van der Waals surface area contributed by atoms with Gasteiger partial charge in [0.1, 0.15) is 5.75 Å². The van der Waals surface area contributed by atoms with Gasteiger partial charge in [-0.15, -0.1) is 13.2 Å². The van der Waals surface area contributed by atoms with Gasteiger partial charge >= 0.3 is 6.36 Å². The molecule has 5 unspecified atom stereocenters. The van der Waals surface area contributed by atoms with Crippen LogP contribution in [0.1, 0.15) is 96.5 Å². The average Bonchev–Trinajstić information content (AvgIpc) is 3.42. The fraction of sp³-hybridized carbons (Fsp3) is 0.426. The third-order valence-corrected chi connectivity index (χ3v) is 11.9. The summed E-state index contributed by atoms with van der Waals surface area (Å²) in [5, 5.41) is 35.3. The van der Waals surface area contributed by atoms with Crippen LogP contribution in [0.15, 0.2) is 115 Å². The third kappa shape index (κ3) is 11.0. The number of rotatable bonds is 13. The summed E-state index contributed by atoms with van der Waals surface area (Å²) >= 11 is 0. The van der Waals surface area contributed by atoms with Crippen molar-refractivity contribution >= 4 is 5.78 Å². The largest absolute Gasteiger partial charge is 0.573 e. The second kappa shape index (κ2) is 18.5. The van der Waals surface area contributed by atoms with Crippen LogP contribution in [0.3, 0.4) is 0 Å². The summed E-state index contributed by atoms with van der Waals surface area (Å²) in [4.78, 5) is 16.3. The van der Waals surface area contributed by atoms with Gasteiger partial charge in [-0.3, -0.25) is 9.69 Å². The highest BCUT2D eigenvalue weighted by Gasteiger charge is 2.57. The Morgan fingerprint density at radius 1 is 0.930 bits per heavy atom. The van der Waals surface area contributed by atoms with E-state index in [9.17, 15) is 33.3 Å². The molecular weight excluding hydrogens is 732 g/mol. The van der Waals surface area contributed by atoms with Crippen LogP contribution >= 0.6 is 0 Å². The molecule has 3 aliphatic rings. The molecule has 4 aromatic carbocycles. The first-order chi connectivity index (χ1) is 27.2. The van der Waals surface area contributed by atoms with Crippen LogP contribution in [-0.2, 0) is 24.3 Å². The zero-order chi connectivity index (χ0) is 40.6. The lowest BCUT2D eigenvalue weighted by atomic mass is 9.64. The van der Waals surface area contributed by atoms with Crippen molar-refractivity contribution < 1.29 is 42.8 Å². The molecule has 304 valence electrons. The molecule has 7 nitrogen and oxygen atoms in total. The maximum Gasteiger partial charge on any atom is 0.573 e. The Balaban J connectivity index is 1.33. The van der Waals surface area contributed by atoms with E-state index < -0.39 is 29.6 Å². The molecule has 0 aliphatic heterocycles. The summed E-state index contributed by atoms with van der Waals surface area (Å²) in [5.41, 5.74) is 3.66. The Labute approximate surface area is 333 Å². The van der Waals surface area contributed by atoms with Gasteiger partial charge in [-0.05, 0) is 98.2 Å². The maximum atomic E-state index is 14.3. The van der Waals surface area contributed by atoms with E-state index in [0.717, 1.165) is 23.1 Å². The summed E-state index contributed by atoms with van der Waals surface area (Å²) in [6, 6.07) is 30.4. The second-order valence-electron chi connectivity index (χ2n) is 16.2. The van der Waals surface area contributed by atoms with E-state index in [0.29, 0.717) is 61.8 Å². The molecule has 2 bridgehead atoms. The fourth-order valence-electron chi connectivity index (χ4n) is 8.79. The SMILES string of the molecule is CC1=CCCC2(C)C(CCC2(O)CN(Cc2ccc(OC(F)(F)F)cc2)CC(O)COCc2ccccc2)c2ccc(cc2C(=O)c2ccccc2)CC(O)CC1. The topological polar surface area (TPSA) is 99.5 Å². The molecule has 4 aromatic rings. The highest BCUT2D eigenvalue weighted by molar-refractivity contribution is 6.10. The van der Waals surface area contributed by atoms with E-state index in [2.05, 4.69) is 24.7 Å². The molecule has 7 rings (SSSR count). The number of alkyl halides is 3. The lowest BCUT2D eigenvalue weighted by Gasteiger charge is -2.46. The van der Waals surface area contributed by atoms with Crippen LogP contribution in [0.4, 0.5) is 13.2 Å². The lowest BCUT2D eigenvalue weighted by molar-refractivity contribution is -0.274. The van der Waals surface area contributed by atoms with Crippen LogP contribution in [0.25, 0.3) is 0 Å². The van der Waals surface area contributed by atoms with E-state index >= 15 is 0 Å². The smallest absolute Gasteiger partial charge is 0.406 e. The Morgan fingerprint density at radius 3 is 2.33 bits per heavy atom. The Hall–Kier alpha value is -4.32. The predicted octanol–water partition coefficient (Wildman–Crippen LogP) is 8.93. The monoisotopic (exact) mass is 785 g/mol. The molecule has 10 heteroatoms. The first kappa shape index (κ1) is 42.3.